The van der Waals surface area contributed by atoms with Gasteiger partial charge < -0.3 is 20.0 Å². The molecule has 3 aromatic carbocycles. The third kappa shape index (κ3) is 6.00. The maximum absolute atomic E-state index is 13.7. The van der Waals surface area contributed by atoms with E-state index in [4.69, 9.17) is 0 Å². The van der Waals surface area contributed by atoms with Gasteiger partial charge in [-0.15, -0.1) is 0 Å². The normalized spacial score (nSPS) is 13.7. The van der Waals surface area contributed by atoms with Crippen molar-refractivity contribution in [2.24, 2.45) is 0 Å². The van der Waals surface area contributed by atoms with Crippen LogP contribution >= 0.6 is 7.60 Å². The maximum Gasteiger partial charge on any atom is 0.344 e. The summed E-state index contributed by atoms with van der Waals surface area (Å²) in [5, 5.41) is 2.22. The van der Waals surface area contributed by atoms with Crippen LogP contribution < -0.4 is 5.32 Å². The van der Waals surface area contributed by atoms with E-state index in [-0.39, 0.29) is 17.7 Å². The molecular formula is C26H24N3O7P. The molecule has 0 radical (unpaired) electrons. The van der Waals surface area contributed by atoms with Crippen molar-refractivity contribution in [1.82, 2.24) is 15.1 Å². The molecule has 0 aromatic heterocycles. The Morgan fingerprint density at radius 2 is 1.35 bits per heavy atom. The number of nitrogens with one attached hydrogen (secondary N) is 1. The molecule has 0 saturated heterocycles. The van der Waals surface area contributed by atoms with E-state index in [9.17, 15) is 33.5 Å². The quantitative estimate of drug-likeness (QED) is 0.290. The average Bonchev–Trinajstić information content (AvgIpc) is 3.13. The minimum atomic E-state index is -4.58. The number of carbonyl (C=O) groups excluding carboxylic acids is 4. The number of rotatable bonds is 9. The zero-order valence-corrected chi connectivity index (χ0v) is 20.5. The van der Waals surface area contributed by atoms with Gasteiger partial charge in [-0.25, -0.2) is 0 Å². The van der Waals surface area contributed by atoms with Gasteiger partial charge in [-0.05, 0) is 23.3 Å². The Morgan fingerprint density at radius 1 is 0.838 bits per heavy atom. The summed E-state index contributed by atoms with van der Waals surface area (Å²) < 4.78 is 11.4. The minimum Gasteiger partial charge on any atom is -0.342 e. The van der Waals surface area contributed by atoms with E-state index in [0.717, 1.165) is 4.90 Å². The molecule has 0 aliphatic carbocycles. The van der Waals surface area contributed by atoms with Crippen LogP contribution in [0.5, 0.6) is 0 Å². The number of hydrogen-bond donors (Lipinski definition) is 3. The average molecular weight is 521 g/mol. The maximum atomic E-state index is 13.7. The van der Waals surface area contributed by atoms with E-state index >= 15 is 0 Å². The first-order chi connectivity index (χ1) is 17.7. The summed E-state index contributed by atoms with van der Waals surface area (Å²) in [6.45, 7) is -0.681. The van der Waals surface area contributed by atoms with E-state index < -0.39 is 50.1 Å². The van der Waals surface area contributed by atoms with Crippen molar-refractivity contribution >= 4 is 31.2 Å². The number of nitrogens with zero attached hydrogens (tertiary/aromatic N) is 2. The number of hydrogen-bond acceptors (Lipinski definition) is 5. The molecule has 37 heavy (non-hydrogen) atoms. The van der Waals surface area contributed by atoms with Gasteiger partial charge in [0.2, 0.25) is 11.8 Å². The Labute approximate surface area is 212 Å². The third-order valence-corrected chi connectivity index (χ3v) is 6.39. The molecule has 10 nitrogen and oxygen atoms in total. The summed E-state index contributed by atoms with van der Waals surface area (Å²) >= 11 is 0. The van der Waals surface area contributed by atoms with Gasteiger partial charge in [0.1, 0.15) is 18.9 Å². The van der Waals surface area contributed by atoms with Gasteiger partial charge in [0.25, 0.3) is 11.8 Å². The number of fused-ring (bicyclic) bond motifs is 1. The predicted octanol–water partition coefficient (Wildman–Crippen LogP) is 2.30. The summed E-state index contributed by atoms with van der Waals surface area (Å²) in [7, 11) is -4.58. The first-order valence-electron chi connectivity index (χ1n) is 11.3. The predicted molar refractivity (Wildman–Crippen MR) is 133 cm³/mol. The highest BCUT2D eigenvalue weighted by Gasteiger charge is 2.39. The van der Waals surface area contributed by atoms with Crippen molar-refractivity contribution in [1.29, 1.82) is 0 Å². The summed E-state index contributed by atoms with van der Waals surface area (Å²) in [6, 6.07) is 22.0. The van der Waals surface area contributed by atoms with Crippen LogP contribution in [0.3, 0.4) is 0 Å². The zero-order chi connectivity index (χ0) is 26.6. The van der Waals surface area contributed by atoms with Crippen LogP contribution in [0.2, 0.25) is 0 Å². The topological polar surface area (TPSA) is 144 Å². The van der Waals surface area contributed by atoms with Gasteiger partial charge in [-0.1, -0.05) is 72.8 Å². The number of imide groups is 1. The highest BCUT2D eigenvalue weighted by Crippen LogP contribution is 2.33. The Bertz CT molecular complexity index is 1340. The van der Waals surface area contributed by atoms with Gasteiger partial charge in [0, 0.05) is 6.54 Å². The van der Waals surface area contributed by atoms with Crippen LogP contribution in [0.25, 0.3) is 0 Å². The monoisotopic (exact) mass is 521 g/mol. The van der Waals surface area contributed by atoms with Crippen LogP contribution in [0.15, 0.2) is 84.9 Å². The molecule has 4 rings (SSSR count). The molecule has 1 aliphatic rings. The lowest BCUT2D eigenvalue weighted by Crippen LogP contribution is -2.48. The number of carbonyl (C=O) groups is 4. The Hall–Kier alpha value is -4.11. The lowest BCUT2D eigenvalue weighted by atomic mass is 10.0. The Morgan fingerprint density at radius 3 is 1.89 bits per heavy atom. The molecular weight excluding hydrogens is 497 g/mol. The SMILES string of the molecule is O=C(NCP(=O)(O)O)C(c1ccccc1)N(Cc1ccccc1)C(=O)CN1C(=O)c2ccccc2C1=O. The fraction of sp³-hybridized carbons (Fsp3) is 0.154. The lowest BCUT2D eigenvalue weighted by Gasteiger charge is -2.32. The van der Waals surface area contributed by atoms with Crippen LogP contribution in [-0.4, -0.2) is 56.0 Å². The third-order valence-electron chi connectivity index (χ3n) is 5.82. The summed E-state index contributed by atoms with van der Waals surface area (Å²) in [4.78, 5) is 73.3. The minimum absolute atomic E-state index is 0.0638. The van der Waals surface area contributed by atoms with Crippen LogP contribution in [-0.2, 0) is 20.7 Å². The van der Waals surface area contributed by atoms with Crippen LogP contribution in [0.1, 0.15) is 37.9 Å². The fourth-order valence-electron chi connectivity index (χ4n) is 4.10. The second-order valence-corrected chi connectivity index (χ2v) is 10.1. The van der Waals surface area contributed by atoms with Crippen LogP contribution in [0.4, 0.5) is 0 Å². The van der Waals surface area contributed by atoms with Gasteiger partial charge in [0.05, 0.1) is 11.1 Å². The molecule has 0 spiro atoms. The largest absolute Gasteiger partial charge is 0.344 e. The molecule has 4 amide bonds. The molecule has 3 aromatic rings. The van der Waals surface area contributed by atoms with Crippen LogP contribution in [0, 0.1) is 0 Å². The van der Waals surface area contributed by atoms with Crippen molar-refractivity contribution in [3.63, 3.8) is 0 Å². The standard InChI is InChI=1S/C26H24N3O7P/c30-22(16-29-25(32)20-13-7-8-14-21(20)26(29)33)28(15-18-9-3-1-4-10-18)23(19-11-5-2-6-12-19)24(31)27-17-37(34,35)36/h1-14,23H,15-17H2,(H,27,31)(H2,34,35,36). The van der Waals surface area contributed by atoms with Gasteiger partial charge in [0.15, 0.2) is 0 Å². The highest BCUT2D eigenvalue weighted by atomic mass is 31.2. The van der Waals surface area contributed by atoms with E-state index in [0.29, 0.717) is 11.1 Å². The van der Waals surface area contributed by atoms with E-state index in [1.165, 1.54) is 17.0 Å². The van der Waals surface area contributed by atoms with E-state index in [2.05, 4.69) is 5.32 Å². The molecule has 190 valence electrons. The van der Waals surface area contributed by atoms with Crippen molar-refractivity contribution in [2.75, 3.05) is 12.8 Å². The van der Waals surface area contributed by atoms with Gasteiger partial charge in [-0.3, -0.25) is 28.6 Å². The molecule has 11 heteroatoms. The summed E-state index contributed by atoms with van der Waals surface area (Å²) in [6.07, 6.45) is -0.916. The first kappa shape index (κ1) is 26.0. The molecule has 1 aliphatic heterocycles. The zero-order valence-electron chi connectivity index (χ0n) is 19.6. The molecule has 1 unspecified atom stereocenters. The van der Waals surface area contributed by atoms with Crippen molar-refractivity contribution in [2.45, 2.75) is 12.6 Å². The fourth-order valence-corrected chi connectivity index (χ4v) is 4.46. The number of benzene rings is 3. The van der Waals surface area contributed by atoms with Gasteiger partial charge in [-0.2, -0.15) is 0 Å². The molecule has 3 N–H and O–H groups in total. The first-order valence-corrected chi connectivity index (χ1v) is 13.1. The van der Waals surface area contributed by atoms with Crippen molar-refractivity contribution in [3.8, 4) is 0 Å². The second kappa shape index (κ2) is 10.9. The number of amides is 4. The second-order valence-electron chi connectivity index (χ2n) is 8.43. The summed E-state index contributed by atoms with van der Waals surface area (Å²) in [5.74, 6) is -2.74. The molecule has 0 fully saturated rings. The Balaban J connectivity index is 1.69. The smallest absolute Gasteiger partial charge is 0.342 e. The molecule has 1 heterocycles. The molecule has 0 bridgehead atoms. The van der Waals surface area contributed by atoms with Gasteiger partial charge >= 0.3 is 7.60 Å². The lowest BCUT2D eigenvalue weighted by molar-refractivity contribution is -0.141. The van der Waals surface area contributed by atoms with Crippen molar-refractivity contribution in [3.05, 3.63) is 107 Å². The van der Waals surface area contributed by atoms with E-state index in [1.54, 1.807) is 72.8 Å². The molecule has 1 atom stereocenters. The summed E-state index contributed by atoms with van der Waals surface area (Å²) in [5.41, 5.74) is 1.43. The molecule has 0 saturated carbocycles. The van der Waals surface area contributed by atoms with E-state index in [1.807, 2.05) is 0 Å². The highest BCUT2D eigenvalue weighted by molar-refractivity contribution is 7.51. The Kier molecular flexibility index (Phi) is 7.63. The van der Waals surface area contributed by atoms with Crippen molar-refractivity contribution < 1.29 is 33.5 Å².